The fraction of sp³-hybridized carbons (Fsp3) is 0.300. The van der Waals surface area contributed by atoms with Crippen LogP contribution in [-0.4, -0.2) is 23.8 Å². The molecule has 6 aromatic rings. The molecule has 0 unspecified atom stereocenters. The molecule has 0 aliphatic heterocycles. The molecule has 0 fully saturated rings. The van der Waals surface area contributed by atoms with Gasteiger partial charge in [-0.1, -0.05) is 67.2 Å². The largest absolute Gasteiger partial charge is 0.398 e. The number of aromatic nitrogens is 2. The first-order valence-corrected chi connectivity index (χ1v) is 20.9. The molecule has 0 amide bonds. The summed E-state index contributed by atoms with van der Waals surface area (Å²) in [5.74, 6) is 0. The maximum absolute atomic E-state index is 6.42. The lowest BCUT2D eigenvalue weighted by Crippen LogP contribution is -2.71. The van der Waals surface area contributed by atoms with Gasteiger partial charge in [-0.05, 0) is 113 Å². The van der Waals surface area contributed by atoms with Gasteiger partial charge in [-0.2, -0.15) is 0 Å². The van der Waals surface area contributed by atoms with E-state index in [1.54, 1.807) is 0 Å². The van der Waals surface area contributed by atoms with E-state index < -0.39 is 0 Å². The van der Waals surface area contributed by atoms with Crippen molar-refractivity contribution < 1.29 is 9.88 Å². The van der Waals surface area contributed by atoms with E-state index in [4.69, 9.17) is 21.4 Å². The first-order valence-electron chi connectivity index (χ1n) is 20.9. The zero-order valence-electron chi connectivity index (χ0n) is 35.2. The van der Waals surface area contributed by atoms with Gasteiger partial charge in [-0.3, -0.25) is 5.32 Å². The molecule has 0 bridgehead atoms. The number of rotatable bonds is 15. The van der Waals surface area contributed by atoms with Crippen LogP contribution in [0, 0.1) is 34.6 Å². The molecule has 298 valence electrons. The summed E-state index contributed by atoms with van der Waals surface area (Å²) in [7, 11) is 0. The number of unbranched alkanes of at least 4 members (excludes halogenated alkanes) is 5. The summed E-state index contributed by atoms with van der Waals surface area (Å²) >= 11 is 0. The van der Waals surface area contributed by atoms with Crippen LogP contribution in [0.25, 0.3) is 27.8 Å². The fourth-order valence-corrected chi connectivity index (χ4v) is 7.72. The Morgan fingerprint density at radius 2 is 1.24 bits per heavy atom. The zero-order chi connectivity index (χ0) is 40.8. The Morgan fingerprint density at radius 1 is 0.655 bits per heavy atom. The number of quaternary nitrogens is 1. The summed E-state index contributed by atoms with van der Waals surface area (Å²) in [6, 6.07) is 30.0. The minimum Gasteiger partial charge on any atom is -0.398 e. The Bertz CT molecular complexity index is 2530. The minimum atomic E-state index is 0.777. The molecule has 0 spiro atoms. The Hall–Kier alpha value is -5.99. The maximum atomic E-state index is 6.42. The van der Waals surface area contributed by atoms with Crippen LogP contribution < -0.4 is 32.0 Å². The molecule has 0 saturated carbocycles. The lowest BCUT2D eigenvalue weighted by molar-refractivity contribution is -0.538. The van der Waals surface area contributed by atoms with Gasteiger partial charge >= 0.3 is 0 Å². The van der Waals surface area contributed by atoms with Gasteiger partial charge in [0.05, 0.1) is 0 Å². The standard InChI is InChI=1S/C50H58N8/c1-32-13-17-38(18-14-32)55-46-29-41(51)34(3)26-45(46)56-39-19-22-43(36(5)25-39)53-23-11-9-7-8-10-12-24-54-44-31-50-48(28-37(44)6)57-47-27-35(4)42(52)30-49(47)58(50)40-20-15-33(2)16-21-40/h13-18,20-22,25-31,53,55H,7-12,19,23-24,51H2,1-6H3,(H2,52,54)/p+2. The predicted molar refractivity (Wildman–Crippen MR) is 245 cm³/mol. The van der Waals surface area contributed by atoms with Gasteiger partial charge in [0.1, 0.15) is 22.4 Å². The third kappa shape index (κ3) is 9.57. The summed E-state index contributed by atoms with van der Waals surface area (Å²) in [5, 5.41) is 9.60. The topological polar surface area (TPSA) is 122 Å². The second kappa shape index (κ2) is 18.1. The summed E-state index contributed by atoms with van der Waals surface area (Å²) < 4.78 is 2.30. The molecule has 1 aliphatic carbocycles. The van der Waals surface area contributed by atoms with Crippen molar-refractivity contribution >= 4 is 61.9 Å². The summed E-state index contributed by atoms with van der Waals surface area (Å²) in [4.78, 5) is 10.2. The van der Waals surface area contributed by atoms with Crippen molar-refractivity contribution in [3.8, 4) is 5.69 Å². The Balaban J connectivity index is 0.869. The Morgan fingerprint density at radius 3 is 1.93 bits per heavy atom. The number of nitrogens with two attached hydrogens (primary N) is 3. The van der Waals surface area contributed by atoms with Crippen molar-refractivity contribution in [2.75, 3.05) is 29.9 Å². The van der Waals surface area contributed by atoms with Crippen LogP contribution in [0.1, 0.15) is 79.7 Å². The number of hydrogen-bond acceptors (Lipinski definition) is 6. The van der Waals surface area contributed by atoms with Crippen LogP contribution in [0.5, 0.6) is 0 Å². The van der Waals surface area contributed by atoms with Crippen molar-refractivity contribution in [1.82, 2.24) is 10.3 Å². The van der Waals surface area contributed by atoms with Gasteiger partial charge in [0.2, 0.25) is 16.7 Å². The van der Waals surface area contributed by atoms with Crippen molar-refractivity contribution in [3.05, 3.63) is 136 Å². The van der Waals surface area contributed by atoms with Gasteiger partial charge < -0.3 is 22.1 Å². The van der Waals surface area contributed by atoms with Gasteiger partial charge in [-0.15, -0.1) is 4.57 Å². The fourth-order valence-electron chi connectivity index (χ4n) is 7.72. The highest BCUT2D eigenvalue weighted by molar-refractivity contribution is 6.00. The van der Waals surface area contributed by atoms with Crippen LogP contribution >= 0.6 is 0 Å². The number of nitrogens with zero attached hydrogens (tertiary/aromatic N) is 3. The molecule has 0 atom stereocenters. The molecule has 1 aromatic heterocycles. The van der Waals surface area contributed by atoms with Crippen LogP contribution in [0.15, 0.2) is 113 Å². The van der Waals surface area contributed by atoms with Gasteiger partial charge in [0.25, 0.3) is 0 Å². The highest BCUT2D eigenvalue weighted by Gasteiger charge is 2.22. The number of aliphatic imine (C=N–C) groups is 1. The second-order valence-electron chi connectivity index (χ2n) is 16.2. The number of aryl methyl sites for hydroxylation is 5. The molecule has 0 saturated heterocycles. The lowest BCUT2D eigenvalue weighted by atomic mass is 10.0. The van der Waals surface area contributed by atoms with Gasteiger partial charge in [0.15, 0.2) is 5.69 Å². The zero-order valence-corrected chi connectivity index (χ0v) is 35.2. The van der Waals surface area contributed by atoms with E-state index >= 15 is 0 Å². The SMILES string of the molecule is CC1=CC(=Nc2cc(C)c(N)cc2[NH2+]c2ccc(C)cc2)CC=C1NCCCCCCCCNc1cc2c(cc1C)nc1cc(C)c(N)cc1[n+]2-c1ccc(C)cc1. The van der Waals surface area contributed by atoms with Crippen molar-refractivity contribution in [1.29, 1.82) is 0 Å². The van der Waals surface area contributed by atoms with Crippen LogP contribution in [0.4, 0.5) is 34.1 Å². The smallest absolute Gasteiger partial charge is 0.239 e. The summed E-state index contributed by atoms with van der Waals surface area (Å²) in [5.41, 5.74) is 33.0. The highest BCUT2D eigenvalue weighted by Crippen LogP contribution is 2.30. The number of anilines is 3. The normalized spacial score (nSPS) is 13.6. The molecule has 8 heteroatoms. The Kier molecular flexibility index (Phi) is 12.5. The van der Waals surface area contributed by atoms with E-state index in [2.05, 4.69) is 139 Å². The number of nitrogens with one attached hydrogen (secondary N) is 2. The molecule has 8 N–H and O–H groups in total. The summed E-state index contributed by atoms with van der Waals surface area (Å²) in [6.07, 6.45) is 12.6. The number of fused-ring (bicyclic) bond motifs is 2. The maximum Gasteiger partial charge on any atom is 0.239 e. The second-order valence-corrected chi connectivity index (χ2v) is 16.2. The average Bonchev–Trinajstić information content (AvgIpc) is 3.19. The van der Waals surface area contributed by atoms with Gasteiger partial charge in [-0.25, -0.2) is 9.98 Å². The highest BCUT2D eigenvalue weighted by atomic mass is 15.0. The third-order valence-corrected chi connectivity index (χ3v) is 11.3. The monoisotopic (exact) mass is 772 g/mol. The molecule has 1 aliphatic rings. The van der Waals surface area contributed by atoms with Crippen LogP contribution in [0.3, 0.4) is 0 Å². The van der Waals surface area contributed by atoms with Crippen molar-refractivity contribution in [3.63, 3.8) is 0 Å². The van der Waals surface area contributed by atoms with E-state index in [1.165, 1.54) is 53.6 Å². The predicted octanol–water partition coefficient (Wildman–Crippen LogP) is 10.2. The molecular formula is C50H60N8+2. The molecule has 58 heavy (non-hydrogen) atoms. The molecule has 5 aromatic carbocycles. The van der Waals surface area contributed by atoms with Crippen molar-refractivity contribution in [2.45, 2.75) is 86.5 Å². The molecule has 0 radical (unpaired) electrons. The van der Waals surface area contributed by atoms with E-state index in [9.17, 15) is 0 Å². The molecule has 1 heterocycles. The third-order valence-electron chi connectivity index (χ3n) is 11.3. The van der Waals surface area contributed by atoms with Crippen molar-refractivity contribution in [2.24, 2.45) is 4.99 Å². The van der Waals surface area contributed by atoms with E-state index in [1.807, 2.05) is 19.9 Å². The number of hydrogen-bond donors (Lipinski definition) is 5. The lowest BCUT2D eigenvalue weighted by Gasteiger charge is -2.17. The van der Waals surface area contributed by atoms with E-state index in [-0.39, 0.29) is 0 Å². The molecule has 7 rings (SSSR count). The Labute approximate surface area is 344 Å². The van der Waals surface area contributed by atoms with E-state index in [0.717, 1.165) is 111 Å². The number of allylic oxidation sites excluding steroid dienone is 3. The van der Waals surface area contributed by atoms with Crippen LogP contribution in [0.2, 0.25) is 0 Å². The minimum absolute atomic E-state index is 0.777. The molecule has 8 nitrogen and oxygen atoms in total. The molecular weight excluding hydrogens is 713 g/mol. The van der Waals surface area contributed by atoms with E-state index in [0.29, 0.717) is 0 Å². The first-order chi connectivity index (χ1) is 28.0. The average molecular weight is 773 g/mol. The van der Waals surface area contributed by atoms with Gasteiger partial charge in [0, 0.05) is 78.3 Å². The summed E-state index contributed by atoms with van der Waals surface area (Å²) in [6.45, 7) is 14.6. The first kappa shape index (κ1) is 40.2. The van der Waals surface area contributed by atoms with Crippen LogP contribution in [-0.2, 0) is 0 Å². The number of benzene rings is 5. The quantitative estimate of drug-likeness (QED) is 0.0308. The number of nitrogen functional groups attached to an aromatic ring is 2.